The number of pyridine rings is 1. The summed E-state index contributed by atoms with van der Waals surface area (Å²) in [6.07, 6.45) is 8.02. The summed E-state index contributed by atoms with van der Waals surface area (Å²) >= 11 is 6.22. The molecule has 0 bridgehead atoms. The van der Waals surface area contributed by atoms with Gasteiger partial charge in [0.2, 0.25) is 5.91 Å². The van der Waals surface area contributed by atoms with E-state index in [-0.39, 0.29) is 17.9 Å². The van der Waals surface area contributed by atoms with E-state index in [1.54, 1.807) is 6.20 Å². The third kappa shape index (κ3) is 2.98. The molecule has 126 valence electrons. The molecule has 7 heteroatoms. The number of aryl methyl sites for hydroxylation is 1. The van der Waals surface area contributed by atoms with Crippen LogP contribution in [0.25, 0.3) is 0 Å². The van der Waals surface area contributed by atoms with E-state index in [1.807, 2.05) is 24.7 Å². The van der Waals surface area contributed by atoms with Crippen LogP contribution in [0.15, 0.2) is 30.9 Å². The Morgan fingerprint density at radius 1 is 1.33 bits per heavy atom. The van der Waals surface area contributed by atoms with Crippen LogP contribution in [0.3, 0.4) is 0 Å². The van der Waals surface area contributed by atoms with E-state index in [0.29, 0.717) is 5.02 Å². The minimum atomic E-state index is 0.0432. The Morgan fingerprint density at radius 2 is 2.25 bits per heavy atom. The van der Waals surface area contributed by atoms with Crippen LogP contribution in [-0.4, -0.2) is 39.6 Å². The first-order valence-corrected chi connectivity index (χ1v) is 8.73. The lowest BCUT2D eigenvalue weighted by Gasteiger charge is -2.25. The van der Waals surface area contributed by atoms with E-state index in [0.717, 1.165) is 50.4 Å². The molecule has 2 atom stereocenters. The van der Waals surface area contributed by atoms with Crippen LogP contribution in [-0.2, 0) is 17.8 Å². The largest absolute Gasteiger partial charge is 0.353 e. The van der Waals surface area contributed by atoms with Gasteiger partial charge in [0.25, 0.3) is 0 Å². The van der Waals surface area contributed by atoms with E-state index < -0.39 is 0 Å². The molecular formula is C17H20ClN5O. The van der Waals surface area contributed by atoms with Crippen LogP contribution >= 0.6 is 11.6 Å². The van der Waals surface area contributed by atoms with E-state index in [9.17, 15) is 4.79 Å². The molecule has 1 N–H and O–H groups in total. The van der Waals surface area contributed by atoms with Gasteiger partial charge in [0.15, 0.2) is 0 Å². The van der Waals surface area contributed by atoms with Crippen LogP contribution in [0, 0.1) is 5.92 Å². The Labute approximate surface area is 145 Å². The van der Waals surface area contributed by atoms with Crippen molar-refractivity contribution in [1.82, 2.24) is 19.9 Å². The van der Waals surface area contributed by atoms with Crippen LogP contribution < -0.4 is 10.2 Å². The number of hydrogen-bond acceptors (Lipinski definition) is 4. The van der Waals surface area contributed by atoms with Crippen molar-refractivity contribution in [3.05, 3.63) is 41.6 Å². The molecule has 0 radical (unpaired) electrons. The zero-order valence-electron chi connectivity index (χ0n) is 13.4. The van der Waals surface area contributed by atoms with Gasteiger partial charge in [-0.2, -0.15) is 0 Å². The second kappa shape index (κ2) is 6.43. The maximum atomic E-state index is 12.6. The molecule has 24 heavy (non-hydrogen) atoms. The highest BCUT2D eigenvalue weighted by molar-refractivity contribution is 6.32. The summed E-state index contributed by atoms with van der Waals surface area (Å²) in [6.45, 7) is 2.49. The molecule has 1 amide bonds. The van der Waals surface area contributed by atoms with E-state index in [4.69, 9.17) is 11.6 Å². The summed E-state index contributed by atoms with van der Waals surface area (Å²) in [6, 6.07) is 3.83. The second-order valence-electron chi connectivity index (χ2n) is 6.52. The summed E-state index contributed by atoms with van der Waals surface area (Å²) in [7, 11) is 0. The zero-order valence-corrected chi connectivity index (χ0v) is 14.1. The van der Waals surface area contributed by atoms with Gasteiger partial charge in [-0.1, -0.05) is 11.6 Å². The fourth-order valence-electron chi connectivity index (χ4n) is 3.59. The number of amides is 1. The number of aromatic nitrogens is 3. The lowest BCUT2D eigenvalue weighted by molar-refractivity contribution is -0.126. The van der Waals surface area contributed by atoms with Gasteiger partial charge in [0.05, 0.1) is 11.3 Å². The molecule has 0 aliphatic carbocycles. The Bertz CT molecular complexity index is 746. The molecule has 1 fully saturated rings. The number of halogens is 1. The maximum absolute atomic E-state index is 12.6. The third-order valence-corrected chi connectivity index (χ3v) is 5.21. The average Bonchev–Trinajstić information content (AvgIpc) is 3.23. The smallest absolute Gasteiger partial charge is 0.223 e. The highest BCUT2D eigenvalue weighted by Gasteiger charge is 2.30. The molecule has 0 aromatic carbocycles. The molecule has 2 aliphatic heterocycles. The zero-order chi connectivity index (χ0) is 16.5. The number of nitrogens with zero attached hydrogens (tertiary/aromatic N) is 4. The summed E-state index contributed by atoms with van der Waals surface area (Å²) in [5, 5.41) is 3.87. The van der Waals surface area contributed by atoms with Crippen molar-refractivity contribution in [2.24, 2.45) is 5.92 Å². The minimum absolute atomic E-state index is 0.0432. The molecule has 1 saturated heterocycles. The van der Waals surface area contributed by atoms with E-state index in [2.05, 4.69) is 24.8 Å². The summed E-state index contributed by atoms with van der Waals surface area (Å²) in [4.78, 5) is 23.2. The van der Waals surface area contributed by atoms with Gasteiger partial charge < -0.3 is 14.8 Å². The summed E-state index contributed by atoms with van der Waals surface area (Å²) < 4.78 is 2.13. The molecule has 4 heterocycles. The predicted molar refractivity (Wildman–Crippen MR) is 92.0 cm³/mol. The molecule has 2 aromatic rings. The Morgan fingerprint density at radius 3 is 3.12 bits per heavy atom. The Kier molecular flexibility index (Phi) is 4.14. The Balaban J connectivity index is 1.35. The minimum Gasteiger partial charge on any atom is -0.353 e. The average molecular weight is 346 g/mol. The van der Waals surface area contributed by atoms with Crippen LogP contribution in [0.5, 0.6) is 0 Å². The maximum Gasteiger partial charge on any atom is 0.223 e. The van der Waals surface area contributed by atoms with E-state index >= 15 is 0 Å². The number of fused-ring (bicyclic) bond motifs is 1. The predicted octanol–water partition coefficient (Wildman–Crippen LogP) is 1.89. The molecule has 2 aliphatic rings. The van der Waals surface area contributed by atoms with Gasteiger partial charge in [-0.05, 0) is 25.0 Å². The van der Waals surface area contributed by atoms with Gasteiger partial charge >= 0.3 is 0 Å². The third-order valence-electron chi connectivity index (χ3n) is 4.92. The Hall–Kier alpha value is -2.08. The van der Waals surface area contributed by atoms with Crippen LogP contribution in [0.4, 0.5) is 5.82 Å². The standard InChI is InChI=1S/C17H20ClN5O/c18-15-2-1-5-20-16(15)22-7-4-13(10-22)21-17(24)12-3-6-23-11-19-9-14(23)8-12/h1-2,5,9,11-13H,3-4,6-8,10H2,(H,21,24). The van der Waals surface area contributed by atoms with Gasteiger partial charge in [-0.15, -0.1) is 0 Å². The quantitative estimate of drug-likeness (QED) is 0.922. The van der Waals surface area contributed by atoms with E-state index in [1.165, 1.54) is 0 Å². The SMILES string of the molecule is O=C(NC1CCN(c2ncccc2Cl)C1)C1CCn2cncc2C1. The molecule has 2 unspecified atom stereocenters. The number of rotatable bonds is 3. The highest BCUT2D eigenvalue weighted by atomic mass is 35.5. The number of carbonyl (C=O) groups is 1. The van der Waals surface area contributed by atoms with Crippen molar-refractivity contribution in [2.45, 2.75) is 31.8 Å². The summed E-state index contributed by atoms with van der Waals surface area (Å²) in [5.41, 5.74) is 1.15. The second-order valence-corrected chi connectivity index (χ2v) is 6.92. The number of carbonyl (C=O) groups excluding carboxylic acids is 1. The van der Waals surface area contributed by atoms with Gasteiger partial charge in [-0.25, -0.2) is 9.97 Å². The van der Waals surface area contributed by atoms with Crippen LogP contribution in [0.2, 0.25) is 5.02 Å². The summed E-state index contributed by atoms with van der Waals surface area (Å²) in [5.74, 6) is 1.00. The topological polar surface area (TPSA) is 63.1 Å². The van der Waals surface area contributed by atoms with Crippen molar-refractivity contribution >= 4 is 23.3 Å². The fraction of sp³-hybridized carbons (Fsp3) is 0.471. The van der Waals surface area contributed by atoms with Crippen LogP contribution in [0.1, 0.15) is 18.5 Å². The van der Waals surface area contributed by atoms with Gasteiger partial charge in [0.1, 0.15) is 5.82 Å². The first-order valence-electron chi connectivity index (χ1n) is 8.35. The van der Waals surface area contributed by atoms with Crippen molar-refractivity contribution in [2.75, 3.05) is 18.0 Å². The van der Waals surface area contributed by atoms with Gasteiger partial charge in [-0.3, -0.25) is 4.79 Å². The number of anilines is 1. The monoisotopic (exact) mass is 345 g/mol. The number of nitrogens with one attached hydrogen (secondary N) is 1. The number of hydrogen-bond donors (Lipinski definition) is 1. The molecule has 4 rings (SSSR count). The lowest BCUT2D eigenvalue weighted by atomic mass is 9.95. The van der Waals surface area contributed by atoms with Crippen molar-refractivity contribution in [1.29, 1.82) is 0 Å². The van der Waals surface area contributed by atoms with Crippen molar-refractivity contribution in [3.63, 3.8) is 0 Å². The number of imidazole rings is 1. The molecular weight excluding hydrogens is 326 g/mol. The molecule has 0 saturated carbocycles. The van der Waals surface area contributed by atoms with Gasteiger partial charge in [0, 0.05) is 56.1 Å². The van der Waals surface area contributed by atoms with Crippen molar-refractivity contribution in [3.8, 4) is 0 Å². The van der Waals surface area contributed by atoms with Crippen molar-refractivity contribution < 1.29 is 4.79 Å². The fourth-order valence-corrected chi connectivity index (χ4v) is 3.83. The molecule has 6 nitrogen and oxygen atoms in total. The highest BCUT2D eigenvalue weighted by Crippen LogP contribution is 2.26. The molecule has 0 spiro atoms. The first-order chi connectivity index (χ1) is 11.7. The normalized spacial score (nSPS) is 23.1. The molecule has 2 aromatic heterocycles. The lowest BCUT2D eigenvalue weighted by Crippen LogP contribution is -2.42. The first kappa shape index (κ1) is 15.4.